The summed E-state index contributed by atoms with van der Waals surface area (Å²) in [4.78, 5) is 12.9. The molecule has 1 aromatic carbocycles. The summed E-state index contributed by atoms with van der Waals surface area (Å²) in [5, 5.41) is 21.5. The maximum absolute atomic E-state index is 12.9. The zero-order valence-electron chi connectivity index (χ0n) is 18.5. The number of aromatic nitrogens is 4. The van der Waals surface area contributed by atoms with Crippen molar-refractivity contribution in [1.82, 2.24) is 19.3 Å². The topological polar surface area (TPSA) is 97.8 Å². The van der Waals surface area contributed by atoms with Gasteiger partial charge in [0, 0.05) is 12.3 Å². The first-order valence-electron chi connectivity index (χ1n) is 10.6. The Hall–Kier alpha value is -3.09. The van der Waals surface area contributed by atoms with E-state index in [1.165, 1.54) is 11.8 Å². The van der Waals surface area contributed by atoms with Crippen LogP contribution in [0, 0.1) is 32.1 Å². The van der Waals surface area contributed by atoms with Crippen LogP contribution in [0.4, 0.5) is 5.82 Å². The third kappa shape index (κ3) is 4.42. The third-order valence-electron chi connectivity index (χ3n) is 5.83. The predicted octanol–water partition coefficient (Wildman–Crippen LogP) is 3.78. The Bertz CT molecular complexity index is 1170. The lowest BCUT2D eigenvalue weighted by Gasteiger charge is -2.17. The highest BCUT2D eigenvalue weighted by molar-refractivity contribution is 7.99. The Kier molecular flexibility index (Phi) is 6.63. The van der Waals surface area contributed by atoms with Gasteiger partial charge in [0.15, 0.2) is 5.16 Å². The van der Waals surface area contributed by atoms with Gasteiger partial charge in [-0.25, -0.2) is 0 Å². The molecule has 1 aliphatic rings. The van der Waals surface area contributed by atoms with Gasteiger partial charge >= 0.3 is 0 Å². The highest BCUT2D eigenvalue weighted by atomic mass is 32.2. The predicted molar refractivity (Wildman–Crippen MR) is 123 cm³/mol. The van der Waals surface area contributed by atoms with E-state index < -0.39 is 0 Å². The molecule has 2 aromatic heterocycles. The van der Waals surface area contributed by atoms with Crippen LogP contribution in [0.2, 0.25) is 0 Å². The fraction of sp³-hybridized carbons (Fsp3) is 0.391. The number of carbonyl (C=O) groups is 1. The van der Waals surface area contributed by atoms with E-state index in [0.717, 1.165) is 42.0 Å². The Balaban J connectivity index is 1.50. The molecule has 1 amide bonds. The van der Waals surface area contributed by atoms with Gasteiger partial charge in [-0.3, -0.25) is 9.36 Å². The summed E-state index contributed by atoms with van der Waals surface area (Å²) in [6.07, 6.45) is 3.77. The molecule has 8 nitrogen and oxygen atoms in total. The molecular weight excluding hydrogens is 424 g/mol. The molecule has 1 unspecified atom stereocenters. The van der Waals surface area contributed by atoms with Gasteiger partial charge in [-0.2, -0.15) is 5.26 Å². The Morgan fingerprint density at radius 2 is 2.16 bits per heavy atom. The van der Waals surface area contributed by atoms with Crippen molar-refractivity contribution in [3.63, 3.8) is 0 Å². The third-order valence-corrected chi connectivity index (χ3v) is 6.78. The van der Waals surface area contributed by atoms with Crippen molar-refractivity contribution < 1.29 is 9.53 Å². The standard InChI is InChI=1S/C23H26N6O2S/c1-15-7-4-5-9-20(15)29-14-25-27-23(29)32-13-21(30)26-22-19(11-24)16(2)17(3)28(22)12-18-8-6-10-31-18/h4-5,7,9,14,18H,6,8,10,12-13H2,1-3H3,(H,26,30). The van der Waals surface area contributed by atoms with Crippen LogP contribution in [0.1, 0.15) is 35.2 Å². The van der Waals surface area contributed by atoms with E-state index in [2.05, 4.69) is 21.6 Å². The maximum Gasteiger partial charge on any atom is 0.235 e. The quantitative estimate of drug-likeness (QED) is 0.550. The van der Waals surface area contributed by atoms with Crippen molar-refractivity contribution in [2.75, 3.05) is 17.7 Å². The van der Waals surface area contributed by atoms with Crippen LogP contribution in [-0.4, -0.2) is 43.7 Å². The number of para-hydroxylation sites is 1. The monoisotopic (exact) mass is 450 g/mol. The van der Waals surface area contributed by atoms with Crippen LogP contribution in [0.3, 0.4) is 0 Å². The molecule has 0 bridgehead atoms. The zero-order valence-corrected chi connectivity index (χ0v) is 19.3. The largest absolute Gasteiger partial charge is 0.376 e. The summed E-state index contributed by atoms with van der Waals surface area (Å²) in [5.74, 6) is 0.499. The Morgan fingerprint density at radius 3 is 2.88 bits per heavy atom. The second-order valence-electron chi connectivity index (χ2n) is 7.90. The van der Waals surface area contributed by atoms with Crippen LogP contribution < -0.4 is 5.32 Å². The lowest BCUT2D eigenvalue weighted by atomic mass is 10.2. The number of anilines is 1. The first kappa shape index (κ1) is 22.1. The van der Waals surface area contributed by atoms with Gasteiger partial charge in [0.2, 0.25) is 5.91 Å². The lowest BCUT2D eigenvalue weighted by Crippen LogP contribution is -2.22. The van der Waals surface area contributed by atoms with Crippen molar-refractivity contribution in [2.24, 2.45) is 0 Å². The normalized spacial score (nSPS) is 15.6. The molecule has 0 spiro atoms. The average Bonchev–Trinajstić information content (AvgIpc) is 3.51. The second kappa shape index (κ2) is 9.59. The lowest BCUT2D eigenvalue weighted by molar-refractivity contribution is -0.113. The number of amides is 1. The molecule has 166 valence electrons. The number of ether oxygens (including phenoxy) is 1. The van der Waals surface area contributed by atoms with Crippen molar-refractivity contribution in [1.29, 1.82) is 5.26 Å². The molecule has 3 heterocycles. The summed E-state index contributed by atoms with van der Waals surface area (Å²) in [6.45, 7) is 7.29. The van der Waals surface area contributed by atoms with Gasteiger partial charge in [0.05, 0.1) is 29.7 Å². The van der Waals surface area contributed by atoms with Gasteiger partial charge in [-0.05, 0) is 50.8 Å². The number of nitriles is 1. The van der Waals surface area contributed by atoms with E-state index in [9.17, 15) is 10.1 Å². The van der Waals surface area contributed by atoms with E-state index in [4.69, 9.17) is 4.74 Å². The first-order valence-corrected chi connectivity index (χ1v) is 11.6. The summed E-state index contributed by atoms with van der Waals surface area (Å²) in [6, 6.07) is 10.2. The molecular formula is C23H26N6O2S. The molecule has 0 aliphatic carbocycles. The molecule has 4 rings (SSSR count). The zero-order chi connectivity index (χ0) is 22.7. The summed E-state index contributed by atoms with van der Waals surface area (Å²) >= 11 is 1.31. The average molecular weight is 451 g/mol. The highest BCUT2D eigenvalue weighted by Gasteiger charge is 2.24. The fourth-order valence-corrected chi connectivity index (χ4v) is 4.69. The SMILES string of the molecule is Cc1ccccc1-n1cnnc1SCC(=O)Nc1c(C#N)c(C)c(C)n1CC1CCCO1. The molecule has 1 aliphatic heterocycles. The Labute approximate surface area is 191 Å². The molecule has 0 saturated carbocycles. The first-order chi connectivity index (χ1) is 15.5. The second-order valence-corrected chi connectivity index (χ2v) is 8.84. The smallest absolute Gasteiger partial charge is 0.235 e. The summed E-state index contributed by atoms with van der Waals surface area (Å²) in [7, 11) is 0. The molecule has 1 fully saturated rings. The van der Waals surface area contributed by atoms with E-state index in [1.807, 2.05) is 54.2 Å². The van der Waals surface area contributed by atoms with Crippen molar-refractivity contribution in [2.45, 2.75) is 51.4 Å². The number of hydrogen-bond donors (Lipinski definition) is 1. The number of thioether (sulfide) groups is 1. The van der Waals surface area contributed by atoms with Crippen LogP contribution in [0.5, 0.6) is 0 Å². The van der Waals surface area contributed by atoms with E-state index in [1.54, 1.807) is 6.33 Å². The molecule has 1 N–H and O–H groups in total. The van der Waals surface area contributed by atoms with Gasteiger partial charge < -0.3 is 14.6 Å². The van der Waals surface area contributed by atoms with Crippen molar-refractivity contribution in [3.05, 3.63) is 53.0 Å². The molecule has 9 heteroatoms. The summed E-state index contributed by atoms with van der Waals surface area (Å²) < 4.78 is 9.66. The van der Waals surface area contributed by atoms with Gasteiger partial charge in [-0.15, -0.1) is 10.2 Å². The molecule has 0 radical (unpaired) electrons. The van der Waals surface area contributed by atoms with Crippen LogP contribution in [0.25, 0.3) is 5.69 Å². The van der Waals surface area contributed by atoms with E-state index in [0.29, 0.717) is 23.1 Å². The minimum Gasteiger partial charge on any atom is -0.376 e. The van der Waals surface area contributed by atoms with Crippen LogP contribution in [0.15, 0.2) is 35.7 Å². The van der Waals surface area contributed by atoms with Gasteiger partial charge in [0.25, 0.3) is 0 Å². The van der Waals surface area contributed by atoms with Crippen molar-refractivity contribution >= 4 is 23.5 Å². The minimum atomic E-state index is -0.197. The van der Waals surface area contributed by atoms with E-state index in [-0.39, 0.29) is 17.8 Å². The Morgan fingerprint density at radius 1 is 1.34 bits per heavy atom. The summed E-state index contributed by atoms with van der Waals surface area (Å²) in [5.41, 5.74) is 4.42. The number of carbonyl (C=O) groups excluding carboxylic acids is 1. The van der Waals surface area contributed by atoms with Gasteiger partial charge in [-0.1, -0.05) is 30.0 Å². The maximum atomic E-state index is 12.9. The number of hydrogen-bond acceptors (Lipinski definition) is 6. The van der Waals surface area contributed by atoms with Gasteiger partial charge in [0.1, 0.15) is 18.2 Å². The van der Waals surface area contributed by atoms with Crippen LogP contribution in [-0.2, 0) is 16.1 Å². The van der Waals surface area contributed by atoms with Crippen LogP contribution >= 0.6 is 11.8 Å². The number of aryl methyl sites for hydroxylation is 1. The molecule has 3 aromatic rings. The fourth-order valence-electron chi connectivity index (χ4n) is 3.97. The number of nitrogens with zero attached hydrogens (tertiary/aromatic N) is 5. The molecule has 1 atom stereocenters. The number of rotatable bonds is 7. The number of nitrogens with one attached hydrogen (secondary N) is 1. The van der Waals surface area contributed by atoms with E-state index >= 15 is 0 Å². The highest BCUT2D eigenvalue weighted by Crippen LogP contribution is 2.29. The number of benzene rings is 1. The molecule has 1 saturated heterocycles. The minimum absolute atomic E-state index is 0.102. The molecule has 32 heavy (non-hydrogen) atoms. The van der Waals surface area contributed by atoms with Crippen molar-refractivity contribution in [3.8, 4) is 11.8 Å².